The highest BCUT2D eigenvalue weighted by Gasteiger charge is 2.34. The summed E-state index contributed by atoms with van der Waals surface area (Å²) in [6, 6.07) is 10.1. The Bertz CT molecular complexity index is 798. The highest BCUT2D eigenvalue weighted by atomic mass is 35.5. The van der Waals surface area contributed by atoms with E-state index in [0.29, 0.717) is 34.3 Å². The molecule has 0 N–H and O–H groups in total. The van der Waals surface area contributed by atoms with Gasteiger partial charge in [-0.15, -0.1) is 0 Å². The maximum absolute atomic E-state index is 12.4. The number of hydrogen-bond donors (Lipinski definition) is 0. The van der Waals surface area contributed by atoms with Crippen LogP contribution >= 0.6 is 23.2 Å². The van der Waals surface area contributed by atoms with E-state index in [2.05, 4.69) is 4.98 Å². The summed E-state index contributed by atoms with van der Waals surface area (Å²) in [6.07, 6.45) is 1.37. The third kappa shape index (κ3) is 3.24. The molecule has 1 aromatic heterocycles. The topological polar surface area (TPSA) is 66.2 Å². The molecular weight excluding hydrogens is 337 g/mol. The summed E-state index contributed by atoms with van der Waals surface area (Å²) in [5.74, 6) is 0.115. The predicted molar refractivity (Wildman–Crippen MR) is 85.7 cm³/mol. The molecule has 0 spiro atoms. The van der Waals surface area contributed by atoms with Gasteiger partial charge in [-0.2, -0.15) is 5.26 Å². The number of benzene rings is 1. The number of likely N-dealkylation sites (tertiary alicyclic amines) is 1. The first kappa shape index (κ1) is 15.6. The van der Waals surface area contributed by atoms with Gasteiger partial charge in [0.05, 0.1) is 23.7 Å². The normalized spacial score (nSPS) is 14.0. The zero-order valence-corrected chi connectivity index (χ0v) is 13.4. The molecule has 3 rings (SSSR count). The third-order valence-electron chi connectivity index (χ3n) is 3.47. The lowest BCUT2D eigenvalue weighted by molar-refractivity contribution is 0.0159. The summed E-state index contributed by atoms with van der Waals surface area (Å²) >= 11 is 11.9. The van der Waals surface area contributed by atoms with Crippen LogP contribution in [0.2, 0.25) is 10.0 Å². The smallest absolute Gasteiger partial charge is 0.255 e. The predicted octanol–water partition coefficient (Wildman–Crippen LogP) is 3.16. The van der Waals surface area contributed by atoms with Gasteiger partial charge in [-0.05, 0) is 30.3 Å². The minimum atomic E-state index is -0.188. The average Bonchev–Trinajstić information content (AvgIpc) is 2.50. The zero-order valence-electron chi connectivity index (χ0n) is 11.9. The number of carbonyl (C=O) groups is 1. The van der Waals surface area contributed by atoms with Crippen LogP contribution < -0.4 is 4.74 Å². The van der Waals surface area contributed by atoms with E-state index in [1.165, 1.54) is 6.07 Å². The van der Waals surface area contributed by atoms with Gasteiger partial charge in [-0.25, -0.2) is 4.98 Å². The van der Waals surface area contributed by atoms with Crippen LogP contribution in [0.4, 0.5) is 0 Å². The standard InChI is InChI=1S/C16H11Cl2N3O2/c17-11-3-4-13(14(18)6-11)16(22)21-8-12(9-21)23-15-10(7-19)2-1-5-20-15/h1-6,12H,8-9H2. The maximum atomic E-state index is 12.4. The van der Waals surface area contributed by atoms with E-state index < -0.39 is 0 Å². The molecule has 2 aromatic rings. The van der Waals surface area contributed by atoms with Crippen LogP contribution in [0.1, 0.15) is 15.9 Å². The van der Waals surface area contributed by atoms with Crippen LogP contribution in [0.3, 0.4) is 0 Å². The number of nitrogens with zero attached hydrogens (tertiary/aromatic N) is 3. The number of ether oxygens (including phenoxy) is 1. The molecule has 0 aliphatic carbocycles. The molecule has 0 radical (unpaired) electrons. The van der Waals surface area contributed by atoms with Crippen LogP contribution in [0, 0.1) is 11.3 Å². The van der Waals surface area contributed by atoms with E-state index in [4.69, 9.17) is 33.2 Å². The molecule has 1 fully saturated rings. The van der Waals surface area contributed by atoms with Gasteiger partial charge in [0.15, 0.2) is 0 Å². The monoisotopic (exact) mass is 347 g/mol. The minimum absolute atomic E-state index is 0.173. The molecule has 1 amide bonds. The van der Waals surface area contributed by atoms with Gasteiger partial charge in [0.2, 0.25) is 5.88 Å². The van der Waals surface area contributed by atoms with Gasteiger partial charge in [0.1, 0.15) is 17.7 Å². The molecule has 23 heavy (non-hydrogen) atoms. The summed E-state index contributed by atoms with van der Waals surface area (Å²) in [7, 11) is 0. The van der Waals surface area contributed by atoms with Crippen LogP contribution in [0.25, 0.3) is 0 Å². The molecule has 1 saturated heterocycles. The number of nitriles is 1. The largest absolute Gasteiger partial charge is 0.470 e. The molecule has 5 nitrogen and oxygen atoms in total. The summed E-state index contributed by atoms with van der Waals surface area (Å²) in [5, 5.41) is 9.81. The average molecular weight is 348 g/mol. The number of pyridine rings is 1. The molecule has 1 aliphatic rings. The fraction of sp³-hybridized carbons (Fsp3) is 0.188. The third-order valence-corrected chi connectivity index (χ3v) is 4.01. The van der Waals surface area contributed by atoms with Crippen molar-refractivity contribution in [3.05, 3.63) is 57.7 Å². The summed E-state index contributed by atoms with van der Waals surface area (Å²) in [4.78, 5) is 18.0. The molecule has 1 aromatic carbocycles. The van der Waals surface area contributed by atoms with Gasteiger partial charge in [0, 0.05) is 11.2 Å². The van der Waals surface area contributed by atoms with Crippen molar-refractivity contribution >= 4 is 29.1 Å². The van der Waals surface area contributed by atoms with Crippen molar-refractivity contribution in [2.45, 2.75) is 6.10 Å². The minimum Gasteiger partial charge on any atom is -0.470 e. The van der Waals surface area contributed by atoms with Gasteiger partial charge >= 0.3 is 0 Å². The number of aromatic nitrogens is 1. The van der Waals surface area contributed by atoms with E-state index in [1.807, 2.05) is 6.07 Å². The molecule has 2 heterocycles. The van der Waals surface area contributed by atoms with E-state index in [1.54, 1.807) is 35.4 Å². The van der Waals surface area contributed by atoms with E-state index in [-0.39, 0.29) is 17.9 Å². The highest BCUT2D eigenvalue weighted by Crippen LogP contribution is 2.25. The molecule has 0 bridgehead atoms. The van der Waals surface area contributed by atoms with E-state index in [0.717, 1.165) is 0 Å². The first-order valence-electron chi connectivity index (χ1n) is 6.84. The van der Waals surface area contributed by atoms with Crippen molar-refractivity contribution in [1.82, 2.24) is 9.88 Å². The Balaban J connectivity index is 1.63. The van der Waals surface area contributed by atoms with Crippen LogP contribution in [0.15, 0.2) is 36.5 Å². The van der Waals surface area contributed by atoms with E-state index in [9.17, 15) is 4.79 Å². The van der Waals surface area contributed by atoms with Crippen LogP contribution in [-0.4, -0.2) is 35.0 Å². The van der Waals surface area contributed by atoms with Crippen molar-refractivity contribution < 1.29 is 9.53 Å². The Morgan fingerprint density at radius 1 is 1.35 bits per heavy atom. The Kier molecular flexibility index (Phi) is 4.37. The number of hydrogen-bond acceptors (Lipinski definition) is 4. The van der Waals surface area contributed by atoms with Crippen LogP contribution in [-0.2, 0) is 0 Å². The number of rotatable bonds is 3. The Hall–Kier alpha value is -2.29. The maximum Gasteiger partial charge on any atom is 0.255 e. The summed E-state index contributed by atoms with van der Waals surface area (Å²) in [6.45, 7) is 0.832. The zero-order chi connectivity index (χ0) is 16.4. The van der Waals surface area contributed by atoms with Crippen molar-refractivity contribution in [2.24, 2.45) is 0 Å². The lowest BCUT2D eigenvalue weighted by Crippen LogP contribution is -2.56. The first-order valence-corrected chi connectivity index (χ1v) is 7.60. The number of halogens is 2. The summed E-state index contributed by atoms with van der Waals surface area (Å²) in [5.41, 5.74) is 0.781. The fourth-order valence-electron chi connectivity index (χ4n) is 2.24. The van der Waals surface area contributed by atoms with Gasteiger partial charge < -0.3 is 9.64 Å². The Morgan fingerprint density at radius 2 is 2.13 bits per heavy atom. The lowest BCUT2D eigenvalue weighted by Gasteiger charge is -2.38. The van der Waals surface area contributed by atoms with Crippen LogP contribution in [0.5, 0.6) is 5.88 Å². The van der Waals surface area contributed by atoms with Gasteiger partial charge in [-0.3, -0.25) is 4.79 Å². The van der Waals surface area contributed by atoms with Crippen molar-refractivity contribution in [3.8, 4) is 11.9 Å². The fourth-order valence-corrected chi connectivity index (χ4v) is 2.73. The van der Waals surface area contributed by atoms with Crippen molar-refractivity contribution in [3.63, 3.8) is 0 Å². The molecule has 7 heteroatoms. The second-order valence-electron chi connectivity index (χ2n) is 5.04. The van der Waals surface area contributed by atoms with Gasteiger partial charge in [-0.1, -0.05) is 23.2 Å². The summed E-state index contributed by atoms with van der Waals surface area (Å²) < 4.78 is 5.66. The van der Waals surface area contributed by atoms with Crippen molar-refractivity contribution in [1.29, 1.82) is 5.26 Å². The number of carbonyl (C=O) groups excluding carboxylic acids is 1. The second-order valence-corrected chi connectivity index (χ2v) is 5.89. The molecular formula is C16H11Cl2N3O2. The second kappa shape index (κ2) is 6.45. The van der Waals surface area contributed by atoms with E-state index >= 15 is 0 Å². The van der Waals surface area contributed by atoms with Crippen molar-refractivity contribution in [2.75, 3.05) is 13.1 Å². The highest BCUT2D eigenvalue weighted by molar-refractivity contribution is 6.36. The molecule has 0 unspecified atom stereocenters. The Labute approximate surface area is 143 Å². The first-order chi connectivity index (χ1) is 11.1. The van der Waals surface area contributed by atoms with Gasteiger partial charge in [0.25, 0.3) is 5.91 Å². The quantitative estimate of drug-likeness (QED) is 0.855. The molecule has 116 valence electrons. The lowest BCUT2D eigenvalue weighted by atomic mass is 10.1. The Morgan fingerprint density at radius 3 is 2.83 bits per heavy atom. The number of amides is 1. The molecule has 1 aliphatic heterocycles. The molecule has 0 saturated carbocycles. The SMILES string of the molecule is N#Cc1cccnc1OC1CN(C(=O)c2ccc(Cl)cc2Cl)C1. The molecule has 0 atom stereocenters.